The van der Waals surface area contributed by atoms with E-state index < -0.39 is 6.10 Å². The SMILES string of the molecule is O=C(c1ccc(OC[C@@H](O)COc2ccc(C(=O)c3ccccc3)c(O)c2)cc1)c1ccccc1O. The molecule has 0 heterocycles. The molecule has 1 atom stereocenters. The lowest BCUT2D eigenvalue weighted by atomic mass is 10.0. The number of aliphatic hydroxyl groups is 1. The molecular weight excluding hydrogens is 460 g/mol. The van der Waals surface area contributed by atoms with Gasteiger partial charge in [-0.2, -0.15) is 0 Å². The van der Waals surface area contributed by atoms with Crippen molar-refractivity contribution in [2.24, 2.45) is 0 Å². The minimum atomic E-state index is -0.972. The van der Waals surface area contributed by atoms with Crippen LogP contribution in [0, 0.1) is 0 Å². The maximum Gasteiger partial charge on any atom is 0.196 e. The van der Waals surface area contributed by atoms with E-state index in [1.165, 1.54) is 18.2 Å². The normalized spacial score (nSPS) is 11.5. The number of carbonyl (C=O) groups excluding carboxylic acids is 2. The molecule has 7 heteroatoms. The average Bonchev–Trinajstić information content (AvgIpc) is 2.91. The molecule has 0 fully saturated rings. The number of ketones is 2. The molecule has 0 aliphatic carbocycles. The summed E-state index contributed by atoms with van der Waals surface area (Å²) in [6, 6.07) is 25.6. The van der Waals surface area contributed by atoms with Gasteiger partial charge in [-0.25, -0.2) is 0 Å². The third-order valence-corrected chi connectivity index (χ3v) is 5.40. The number of hydrogen-bond acceptors (Lipinski definition) is 7. The summed E-state index contributed by atoms with van der Waals surface area (Å²) < 4.78 is 11.1. The molecule has 4 rings (SSSR count). The molecule has 7 nitrogen and oxygen atoms in total. The smallest absolute Gasteiger partial charge is 0.196 e. The summed E-state index contributed by atoms with van der Waals surface area (Å²) in [7, 11) is 0. The summed E-state index contributed by atoms with van der Waals surface area (Å²) in [5.74, 6) is -0.177. The summed E-state index contributed by atoms with van der Waals surface area (Å²) >= 11 is 0. The zero-order chi connectivity index (χ0) is 25.5. The van der Waals surface area contributed by atoms with E-state index in [0.717, 1.165) is 0 Å². The lowest BCUT2D eigenvalue weighted by Gasteiger charge is -2.14. The van der Waals surface area contributed by atoms with Gasteiger partial charge in [0.2, 0.25) is 0 Å². The molecule has 182 valence electrons. The first-order chi connectivity index (χ1) is 17.4. The minimum Gasteiger partial charge on any atom is -0.507 e. The lowest BCUT2D eigenvalue weighted by molar-refractivity contribution is 0.0625. The number of hydrogen-bond donors (Lipinski definition) is 3. The fourth-order valence-electron chi connectivity index (χ4n) is 3.49. The van der Waals surface area contributed by atoms with E-state index in [-0.39, 0.29) is 47.4 Å². The van der Waals surface area contributed by atoms with E-state index in [0.29, 0.717) is 22.6 Å². The van der Waals surface area contributed by atoms with Gasteiger partial charge in [-0.15, -0.1) is 0 Å². The molecule has 0 unspecified atom stereocenters. The summed E-state index contributed by atoms with van der Waals surface area (Å²) in [5.41, 5.74) is 1.22. The predicted octanol–water partition coefficient (Wildman–Crippen LogP) is 4.38. The average molecular weight is 485 g/mol. The van der Waals surface area contributed by atoms with Crippen molar-refractivity contribution in [1.29, 1.82) is 0 Å². The number of para-hydroxylation sites is 1. The molecule has 0 aliphatic heterocycles. The van der Waals surface area contributed by atoms with Gasteiger partial charge in [-0.05, 0) is 48.5 Å². The number of phenolic OH excluding ortho intramolecular Hbond substituents is 2. The zero-order valence-corrected chi connectivity index (χ0v) is 19.2. The van der Waals surface area contributed by atoms with E-state index >= 15 is 0 Å². The number of carbonyl (C=O) groups is 2. The number of phenols is 2. The number of ether oxygens (including phenoxy) is 2. The van der Waals surface area contributed by atoms with Crippen LogP contribution in [0.2, 0.25) is 0 Å². The Morgan fingerprint density at radius 2 is 1.14 bits per heavy atom. The summed E-state index contributed by atoms with van der Waals surface area (Å²) in [6.45, 7) is -0.168. The van der Waals surface area contributed by atoms with Crippen LogP contribution in [0.3, 0.4) is 0 Å². The van der Waals surface area contributed by atoms with Gasteiger partial charge < -0.3 is 24.8 Å². The highest BCUT2D eigenvalue weighted by Crippen LogP contribution is 2.26. The Balaban J connectivity index is 1.28. The van der Waals surface area contributed by atoms with E-state index in [2.05, 4.69) is 0 Å². The van der Waals surface area contributed by atoms with Crippen molar-refractivity contribution in [3.63, 3.8) is 0 Å². The second-order valence-electron chi connectivity index (χ2n) is 8.02. The van der Waals surface area contributed by atoms with Crippen LogP contribution >= 0.6 is 0 Å². The topological polar surface area (TPSA) is 113 Å². The fraction of sp³-hybridized carbons (Fsp3) is 0.103. The van der Waals surface area contributed by atoms with E-state index in [1.54, 1.807) is 78.9 Å². The van der Waals surface area contributed by atoms with Crippen molar-refractivity contribution in [3.05, 3.63) is 119 Å². The molecule has 0 saturated heterocycles. The van der Waals surface area contributed by atoms with Gasteiger partial charge >= 0.3 is 0 Å². The Labute approximate surface area is 207 Å². The monoisotopic (exact) mass is 484 g/mol. The molecule has 0 amide bonds. The third kappa shape index (κ3) is 5.89. The second-order valence-corrected chi connectivity index (χ2v) is 8.02. The van der Waals surface area contributed by atoms with Crippen LogP contribution in [-0.4, -0.2) is 46.2 Å². The van der Waals surface area contributed by atoms with Crippen molar-refractivity contribution < 1.29 is 34.4 Å². The van der Waals surface area contributed by atoms with Crippen molar-refractivity contribution in [1.82, 2.24) is 0 Å². The standard InChI is InChI=1S/C29H24O7/c30-21(17-35-22-12-10-20(11-13-22)29(34)24-8-4-5-9-26(24)31)18-36-23-14-15-25(27(32)16-23)28(33)19-6-2-1-3-7-19/h1-16,21,30-32H,17-18H2/t21-/m1/s1. The minimum absolute atomic E-state index is 0.0661. The quantitative estimate of drug-likeness (QED) is 0.286. The van der Waals surface area contributed by atoms with E-state index in [9.17, 15) is 24.9 Å². The van der Waals surface area contributed by atoms with Gasteiger partial charge in [0.25, 0.3) is 0 Å². The molecule has 4 aromatic rings. The molecule has 0 aromatic heterocycles. The third-order valence-electron chi connectivity index (χ3n) is 5.40. The van der Waals surface area contributed by atoms with Crippen molar-refractivity contribution in [2.75, 3.05) is 13.2 Å². The van der Waals surface area contributed by atoms with Gasteiger partial charge in [0, 0.05) is 17.2 Å². The van der Waals surface area contributed by atoms with Gasteiger partial charge in [-0.3, -0.25) is 9.59 Å². The number of aliphatic hydroxyl groups excluding tert-OH is 1. The van der Waals surface area contributed by atoms with Crippen molar-refractivity contribution in [3.8, 4) is 23.0 Å². The number of benzene rings is 4. The predicted molar refractivity (Wildman–Crippen MR) is 133 cm³/mol. The molecule has 0 bridgehead atoms. The Kier molecular flexibility index (Phi) is 7.63. The molecular formula is C29H24O7. The molecule has 0 saturated carbocycles. The zero-order valence-electron chi connectivity index (χ0n) is 19.2. The molecule has 4 aromatic carbocycles. The fourth-order valence-corrected chi connectivity index (χ4v) is 3.49. The molecule has 0 radical (unpaired) electrons. The summed E-state index contributed by atoms with van der Waals surface area (Å²) in [5, 5.41) is 30.3. The molecule has 0 aliphatic rings. The van der Waals surface area contributed by atoms with Crippen molar-refractivity contribution >= 4 is 11.6 Å². The highest BCUT2D eigenvalue weighted by Gasteiger charge is 2.16. The van der Waals surface area contributed by atoms with Crippen LogP contribution in [-0.2, 0) is 0 Å². The van der Waals surface area contributed by atoms with Crippen LogP contribution in [0.25, 0.3) is 0 Å². The Bertz CT molecular complexity index is 1350. The molecule has 0 spiro atoms. The Morgan fingerprint density at radius 3 is 1.78 bits per heavy atom. The summed E-state index contributed by atoms with van der Waals surface area (Å²) in [4.78, 5) is 25.0. The van der Waals surface area contributed by atoms with E-state index in [1.807, 2.05) is 0 Å². The first kappa shape index (κ1) is 24.5. The van der Waals surface area contributed by atoms with Gasteiger partial charge in [0.15, 0.2) is 11.6 Å². The Morgan fingerprint density at radius 1 is 0.611 bits per heavy atom. The first-order valence-electron chi connectivity index (χ1n) is 11.2. The maximum absolute atomic E-state index is 12.5. The number of aromatic hydroxyl groups is 2. The number of rotatable bonds is 10. The van der Waals surface area contributed by atoms with Crippen LogP contribution in [0.5, 0.6) is 23.0 Å². The van der Waals surface area contributed by atoms with Crippen LogP contribution < -0.4 is 9.47 Å². The summed E-state index contributed by atoms with van der Waals surface area (Å²) in [6.07, 6.45) is -0.972. The van der Waals surface area contributed by atoms with E-state index in [4.69, 9.17) is 9.47 Å². The van der Waals surface area contributed by atoms with Crippen LogP contribution in [0.1, 0.15) is 31.8 Å². The van der Waals surface area contributed by atoms with Gasteiger partial charge in [0.1, 0.15) is 42.3 Å². The Hall–Kier alpha value is -4.62. The second kappa shape index (κ2) is 11.2. The maximum atomic E-state index is 12.5. The highest BCUT2D eigenvalue weighted by atomic mass is 16.5. The van der Waals surface area contributed by atoms with Crippen LogP contribution in [0.4, 0.5) is 0 Å². The van der Waals surface area contributed by atoms with Gasteiger partial charge in [0.05, 0.1) is 11.1 Å². The molecule has 3 N–H and O–H groups in total. The molecule has 36 heavy (non-hydrogen) atoms. The lowest BCUT2D eigenvalue weighted by Crippen LogP contribution is -2.25. The van der Waals surface area contributed by atoms with Crippen LogP contribution in [0.15, 0.2) is 97.1 Å². The largest absolute Gasteiger partial charge is 0.507 e. The first-order valence-corrected chi connectivity index (χ1v) is 11.2. The van der Waals surface area contributed by atoms with Gasteiger partial charge in [-0.1, -0.05) is 42.5 Å². The highest BCUT2D eigenvalue weighted by molar-refractivity contribution is 6.11. The van der Waals surface area contributed by atoms with Crippen molar-refractivity contribution in [2.45, 2.75) is 6.10 Å².